The summed E-state index contributed by atoms with van der Waals surface area (Å²) in [6, 6.07) is 9.96. The Morgan fingerprint density at radius 1 is 1.44 bits per heavy atom. The third-order valence-corrected chi connectivity index (χ3v) is 3.35. The third kappa shape index (κ3) is 3.10. The van der Waals surface area contributed by atoms with E-state index >= 15 is 0 Å². The number of thioether (sulfide) groups is 1. The summed E-state index contributed by atoms with van der Waals surface area (Å²) in [6.45, 7) is 2.03. The second-order valence-corrected chi connectivity index (χ2v) is 4.76. The topological polar surface area (TPSA) is 78.9 Å². The molecule has 6 heteroatoms. The minimum absolute atomic E-state index is 0.0307. The smallest absolute Gasteiger partial charge is 0.313 e. The summed E-state index contributed by atoms with van der Waals surface area (Å²) >= 11 is 1.11. The van der Waals surface area contributed by atoms with Gasteiger partial charge in [-0.15, -0.1) is 5.10 Å². The molecule has 2 N–H and O–H groups in total. The Morgan fingerprint density at radius 3 is 2.83 bits per heavy atom. The maximum atomic E-state index is 10.4. The fourth-order valence-corrected chi connectivity index (χ4v) is 2.07. The van der Waals surface area contributed by atoms with Crippen LogP contribution in [0.25, 0.3) is 0 Å². The second-order valence-electron chi connectivity index (χ2n) is 3.82. The number of H-pyrrole nitrogens is 1. The monoisotopic (exact) mass is 263 g/mol. The molecule has 0 aliphatic rings. The highest BCUT2D eigenvalue weighted by atomic mass is 32.2. The molecule has 1 aromatic heterocycles. The van der Waals surface area contributed by atoms with Gasteiger partial charge < -0.3 is 5.11 Å². The quantitative estimate of drug-likeness (QED) is 0.808. The van der Waals surface area contributed by atoms with Crippen molar-refractivity contribution in [1.29, 1.82) is 0 Å². The number of nitrogens with one attached hydrogen (secondary N) is 1. The molecule has 2 rings (SSSR count). The molecule has 0 saturated carbocycles. The number of aliphatic carboxylic acids is 1. The molecule has 18 heavy (non-hydrogen) atoms. The molecule has 94 valence electrons. The SMILES string of the molecule is CC(c1ccccc1)c1nc(SCC(=O)O)n[nH]1. The van der Waals surface area contributed by atoms with Crippen molar-refractivity contribution in [1.82, 2.24) is 15.2 Å². The number of nitrogens with zero attached hydrogens (tertiary/aromatic N) is 2. The maximum absolute atomic E-state index is 10.4. The summed E-state index contributed by atoms with van der Waals surface area (Å²) in [6.07, 6.45) is 0. The highest BCUT2D eigenvalue weighted by Crippen LogP contribution is 2.22. The molecule has 1 unspecified atom stereocenters. The van der Waals surface area contributed by atoms with Gasteiger partial charge in [-0.1, -0.05) is 49.0 Å². The van der Waals surface area contributed by atoms with Gasteiger partial charge in [0.05, 0.1) is 5.75 Å². The first-order chi connectivity index (χ1) is 8.66. The Balaban J connectivity index is 2.08. The Hall–Kier alpha value is -1.82. The van der Waals surface area contributed by atoms with E-state index in [0.717, 1.165) is 23.1 Å². The summed E-state index contributed by atoms with van der Waals surface area (Å²) in [5.41, 5.74) is 1.14. The van der Waals surface area contributed by atoms with Crippen LogP contribution in [-0.2, 0) is 4.79 Å². The molecule has 1 heterocycles. The van der Waals surface area contributed by atoms with E-state index in [-0.39, 0.29) is 11.7 Å². The van der Waals surface area contributed by atoms with Crippen LogP contribution in [0.4, 0.5) is 0 Å². The summed E-state index contributed by atoms with van der Waals surface area (Å²) in [5.74, 6) is -0.0498. The van der Waals surface area contributed by atoms with E-state index in [1.807, 2.05) is 37.3 Å². The minimum Gasteiger partial charge on any atom is -0.481 e. The third-order valence-electron chi connectivity index (χ3n) is 2.52. The van der Waals surface area contributed by atoms with E-state index in [1.165, 1.54) is 0 Å². The number of hydrogen-bond donors (Lipinski definition) is 2. The molecular weight excluding hydrogens is 250 g/mol. The van der Waals surface area contributed by atoms with Gasteiger partial charge in [0.15, 0.2) is 0 Å². The molecule has 1 atom stereocenters. The number of carboxylic acids is 1. The van der Waals surface area contributed by atoms with Crippen molar-refractivity contribution in [2.45, 2.75) is 18.0 Å². The zero-order valence-corrected chi connectivity index (χ0v) is 10.6. The van der Waals surface area contributed by atoms with Gasteiger partial charge in [0.2, 0.25) is 5.16 Å². The van der Waals surface area contributed by atoms with Crippen LogP contribution in [0.3, 0.4) is 0 Å². The van der Waals surface area contributed by atoms with Gasteiger partial charge in [-0.05, 0) is 5.56 Å². The van der Waals surface area contributed by atoms with E-state index in [1.54, 1.807) is 0 Å². The van der Waals surface area contributed by atoms with Crippen molar-refractivity contribution in [3.63, 3.8) is 0 Å². The van der Waals surface area contributed by atoms with Crippen molar-refractivity contribution in [3.8, 4) is 0 Å². The summed E-state index contributed by atoms with van der Waals surface area (Å²) < 4.78 is 0. The van der Waals surface area contributed by atoms with Crippen LogP contribution in [0, 0.1) is 0 Å². The molecule has 0 aliphatic heterocycles. The van der Waals surface area contributed by atoms with Crippen molar-refractivity contribution in [2.24, 2.45) is 0 Å². The zero-order valence-electron chi connectivity index (χ0n) is 9.83. The normalized spacial score (nSPS) is 12.3. The molecule has 0 amide bonds. The molecule has 5 nitrogen and oxygen atoms in total. The number of carbonyl (C=O) groups is 1. The lowest BCUT2D eigenvalue weighted by atomic mass is 10.0. The van der Waals surface area contributed by atoms with Crippen LogP contribution < -0.4 is 0 Å². The molecule has 0 radical (unpaired) electrons. The molecular formula is C12H13N3O2S. The molecule has 0 bridgehead atoms. The predicted octanol–water partition coefficient (Wildman–Crippen LogP) is 2.13. The van der Waals surface area contributed by atoms with Crippen LogP contribution in [0.5, 0.6) is 0 Å². The van der Waals surface area contributed by atoms with Gasteiger partial charge >= 0.3 is 5.97 Å². The van der Waals surface area contributed by atoms with E-state index in [0.29, 0.717) is 5.16 Å². The average molecular weight is 263 g/mol. The lowest BCUT2D eigenvalue weighted by molar-refractivity contribution is -0.133. The van der Waals surface area contributed by atoms with Gasteiger partial charge in [0.1, 0.15) is 5.82 Å². The number of carboxylic acid groups (broad SMARTS) is 1. The van der Waals surface area contributed by atoms with Gasteiger partial charge in [-0.2, -0.15) is 0 Å². The molecule has 2 aromatic rings. The lowest BCUT2D eigenvalue weighted by Gasteiger charge is -2.07. The minimum atomic E-state index is -0.873. The van der Waals surface area contributed by atoms with E-state index in [2.05, 4.69) is 15.2 Å². The molecule has 0 saturated heterocycles. The molecule has 0 aliphatic carbocycles. The first kappa shape index (κ1) is 12.6. The van der Waals surface area contributed by atoms with Crippen LogP contribution in [-0.4, -0.2) is 32.0 Å². The fraction of sp³-hybridized carbons (Fsp3) is 0.250. The van der Waals surface area contributed by atoms with Crippen LogP contribution >= 0.6 is 11.8 Å². The fourth-order valence-electron chi connectivity index (χ4n) is 1.54. The number of rotatable bonds is 5. The maximum Gasteiger partial charge on any atom is 0.313 e. The van der Waals surface area contributed by atoms with E-state index in [9.17, 15) is 4.79 Å². The zero-order chi connectivity index (χ0) is 13.0. The largest absolute Gasteiger partial charge is 0.481 e. The number of aromatic amines is 1. The predicted molar refractivity (Wildman–Crippen MR) is 68.7 cm³/mol. The number of benzene rings is 1. The molecule has 1 aromatic carbocycles. The Morgan fingerprint density at radius 2 is 2.17 bits per heavy atom. The van der Waals surface area contributed by atoms with E-state index in [4.69, 9.17) is 5.11 Å². The Bertz CT molecular complexity index is 527. The first-order valence-corrected chi connectivity index (χ1v) is 6.47. The number of hydrogen-bond acceptors (Lipinski definition) is 4. The molecule has 0 spiro atoms. The van der Waals surface area contributed by atoms with Crippen molar-refractivity contribution in [2.75, 3.05) is 5.75 Å². The van der Waals surface area contributed by atoms with Gasteiger partial charge in [0, 0.05) is 5.92 Å². The van der Waals surface area contributed by atoms with Crippen LogP contribution in [0.1, 0.15) is 24.2 Å². The highest BCUT2D eigenvalue weighted by Gasteiger charge is 2.13. The summed E-state index contributed by atoms with van der Waals surface area (Å²) in [7, 11) is 0. The van der Waals surface area contributed by atoms with Crippen LogP contribution in [0.15, 0.2) is 35.5 Å². The van der Waals surface area contributed by atoms with Crippen molar-refractivity contribution >= 4 is 17.7 Å². The van der Waals surface area contributed by atoms with Gasteiger partial charge in [-0.3, -0.25) is 9.89 Å². The summed E-state index contributed by atoms with van der Waals surface area (Å²) in [5, 5.41) is 15.9. The second kappa shape index (κ2) is 5.68. The van der Waals surface area contributed by atoms with Crippen molar-refractivity contribution in [3.05, 3.63) is 41.7 Å². The highest BCUT2D eigenvalue weighted by molar-refractivity contribution is 7.99. The summed E-state index contributed by atoms with van der Waals surface area (Å²) in [4.78, 5) is 14.7. The van der Waals surface area contributed by atoms with Gasteiger partial charge in [0.25, 0.3) is 0 Å². The Kier molecular flexibility index (Phi) is 3.99. The number of aromatic nitrogens is 3. The molecule has 0 fully saturated rings. The standard InChI is InChI=1S/C12H13N3O2S/c1-8(9-5-3-2-4-6-9)11-13-12(15-14-11)18-7-10(16)17/h2-6,8H,7H2,1H3,(H,16,17)(H,13,14,15). The van der Waals surface area contributed by atoms with E-state index < -0.39 is 5.97 Å². The van der Waals surface area contributed by atoms with Crippen molar-refractivity contribution < 1.29 is 9.90 Å². The Labute approximate surface area is 109 Å². The lowest BCUT2D eigenvalue weighted by Crippen LogP contribution is -1.99. The first-order valence-electron chi connectivity index (χ1n) is 5.48. The van der Waals surface area contributed by atoms with Gasteiger partial charge in [-0.25, -0.2) is 4.98 Å². The van der Waals surface area contributed by atoms with Crippen LogP contribution in [0.2, 0.25) is 0 Å². The average Bonchev–Trinajstić information content (AvgIpc) is 2.85.